The van der Waals surface area contributed by atoms with Gasteiger partial charge in [0.25, 0.3) is 0 Å². The molecule has 0 fully saturated rings. The second-order valence-corrected chi connectivity index (χ2v) is 14.7. The van der Waals surface area contributed by atoms with Crippen LogP contribution < -0.4 is 0 Å². The van der Waals surface area contributed by atoms with Crippen LogP contribution in [0.5, 0.6) is 0 Å². The molecule has 0 N–H and O–H groups in total. The standard InChI is InChI=1S/C55H36/c1-4-17-37(18-5-1)39-32-31-38-19-16-29-48(49(38)35-39)54-46-27-12-10-25-44(46)53(45-26-11-13-28-47(45)54)40-33-34-52-50(36-40)43-24-14-15-30-51(43)55(52,41-20-6-2-7-21-41)42-22-8-3-9-23-42/h1-36H. The van der Waals surface area contributed by atoms with E-state index in [1.165, 1.54) is 99.1 Å². The Morgan fingerprint density at radius 3 is 1.42 bits per heavy atom. The van der Waals surface area contributed by atoms with E-state index in [-0.39, 0.29) is 0 Å². The molecule has 0 bridgehead atoms. The molecule has 10 aromatic carbocycles. The molecule has 55 heavy (non-hydrogen) atoms. The lowest BCUT2D eigenvalue weighted by molar-refractivity contribution is 0.768. The number of fused-ring (bicyclic) bond motifs is 6. The summed E-state index contributed by atoms with van der Waals surface area (Å²) in [6.45, 7) is 0. The maximum atomic E-state index is 2.47. The van der Waals surface area contributed by atoms with Gasteiger partial charge >= 0.3 is 0 Å². The first kappa shape index (κ1) is 31.5. The lowest BCUT2D eigenvalue weighted by Gasteiger charge is -2.33. The number of rotatable bonds is 5. The average molecular weight is 697 g/mol. The molecule has 0 radical (unpaired) electrons. The molecule has 0 aromatic heterocycles. The van der Waals surface area contributed by atoms with Crippen molar-refractivity contribution in [3.05, 3.63) is 241 Å². The number of hydrogen-bond donors (Lipinski definition) is 0. The summed E-state index contributed by atoms with van der Waals surface area (Å²) in [4.78, 5) is 0. The van der Waals surface area contributed by atoms with E-state index >= 15 is 0 Å². The van der Waals surface area contributed by atoms with Crippen LogP contribution in [0, 0.1) is 0 Å². The lowest BCUT2D eigenvalue weighted by Crippen LogP contribution is -2.28. The second-order valence-electron chi connectivity index (χ2n) is 14.7. The molecule has 0 spiro atoms. The minimum atomic E-state index is -0.423. The highest BCUT2D eigenvalue weighted by Gasteiger charge is 2.46. The van der Waals surface area contributed by atoms with Gasteiger partial charge in [-0.1, -0.05) is 206 Å². The second kappa shape index (κ2) is 12.5. The number of hydrogen-bond acceptors (Lipinski definition) is 0. The van der Waals surface area contributed by atoms with Gasteiger partial charge in [0.15, 0.2) is 0 Å². The summed E-state index contributed by atoms with van der Waals surface area (Å²) in [5, 5.41) is 7.55. The van der Waals surface area contributed by atoms with Crippen LogP contribution in [0.4, 0.5) is 0 Å². The van der Waals surface area contributed by atoms with E-state index in [9.17, 15) is 0 Å². The number of benzene rings is 10. The van der Waals surface area contributed by atoms with Gasteiger partial charge in [-0.15, -0.1) is 0 Å². The quantitative estimate of drug-likeness (QED) is 0.157. The fourth-order valence-corrected chi connectivity index (χ4v) is 9.64. The Morgan fingerprint density at radius 2 is 0.764 bits per heavy atom. The van der Waals surface area contributed by atoms with E-state index < -0.39 is 5.41 Å². The third-order valence-electron chi connectivity index (χ3n) is 11.9. The first-order valence-electron chi connectivity index (χ1n) is 19.2. The van der Waals surface area contributed by atoms with Crippen molar-refractivity contribution in [1.82, 2.24) is 0 Å². The van der Waals surface area contributed by atoms with Crippen LogP contribution in [0.1, 0.15) is 22.3 Å². The van der Waals surface area contributed by atoms with E-state index in [1.54, 1.807) is 0 Å². The molecule has 1 aliphatic carbocycles. The molecule has 11 rings (SSSR count). The molecule has 0 aliphatic heterocycles. The van der Waals surface area contributed by atoms with Crippen LogP contribution in [-0.4, -0.2) is 0 Å². The highest BCUT2D eigenvalue weighted by Crippen LogP contribution is 2.57. The summed E-state index contributed by atoms with van der Waals surface area (Å²) in [6.07, 6.45) is 0. The summed E-state index contributed by atoms with van der Waals surface area (Å²) in [6, 6.07) is 80.8. The van der Waals surface area contributed by atoms with Gasteiger partial charge in [0.1, 0.15) is 0 Å². The largest absolute Gasteiger partial charge is 0.0713 e. The Hall–Kier alpha value is -7.02. The van der Waals surface area contributed by atoms with Crippen molar-refractivity contribution in [2.75, 3.05) is 0 Å². The fourth-order valence-electron chi connectivity index (χ4n) is 9.64. The summed E-state index contributed by atoms with van der Waals surface area (Å²) in [5.74, 6) is 0. The molecule has 10 aromatic rings. The van der Waals surface area contributed by atoms with E-state index in [0.29, 0.717) is 0 Å². The van der Waals surface area contributed by atoms with Gasteiger partial charge in [-0.05, 0) is 111 Å². The van der Waals surface area contributed by atoms with Crippen LogP contribution in [0.25, 0.3) is 76.8 Å². The SMILES string of the molecule is c1ccc(-c2ccc3cccc(-c4c5ccccc5c(-c5ccc6c(c5)-c5ccccc5C6(c5ccccc5)c5ccccc5)c5ccccc45)c3c2)cc1. The normalized spacial score (nSPS) is 12.9. The van der Waals surface area contributed by atoms with Crippen molar-refractivity contribution in [3.63, 3.8) is 0 Å². The van der Waals surface area contributed by atoms with E-state index in [2.05, 4.69) is 218 Å². The van der Waals surface area contributed by atoms with Gasteiger partial charge in [0.05, 0.1) is 5.41 Å². The Balaban J connectivity index is 1.19. The molecule has 0 amide bonds. The summed E-state index contributed by atoms with van der Waals surface area (Å²) in [5.41, 5.74) is 14.9. The van der Waals surface area contributed by atoms with Gasteiger partial charge in [-0.3, -0.25) is 0 Å². The molecule has 256 valence electrons. The molecule has 0 saturated heterocycles. The Morgan fingerprint density at radius 1 is 0.255 bits per heavy atom. The first-order valence-corrected chi connectivity index (χ1v) is 19.2. The monoisotopic (exact) mass is 696 g/mol. The predicted molar refractivity (Wildman–Crippen MR) is 233 cm³/mol. The van der Waals surface area contributed by atoms with E-state index in [4.69, 9.17) is 0 Å². The van der Waals surface area contributed by atoms with Crippen molar-refractivity contribution in [2.24, 2.45) is 0 Å². The third-order valence-corrected chi connectivity index (χ3v) is 11.9. The van der Waals surface area contributed by atoms with Crippen molar-refractivity contribution in [1.29, 1.82) is 0 Å². The molecule has 0 nitrogen and oxygen atoms in total. The zero-order chi connectivity index (χ0) is 36.3. The van der Waals surface area contributed by atoms with Crippen molar-refractivity contribution < 1.29 is 0 Å². The summed E-state index contributed by atoms with van der Waals surface area (Å²) >= 11 is 0. The molecular weight excluding hydrogens is 661 g/mol. The van der Waals surface area contributed by atoms with Crippen LogP contribution >= 0.6 is 0 Å². The smallest absolute Gasteiger partial charge is 0.0622 e. The van der Waals surface area contributed by atoms with Gasteiger partial charge in [0, 0.05) is 0 Å². The molecule has 0 saturated carbocycles. The zero-order valence-corrected chi connectivity index (χ0v) is 30.3. The Kier molecular flexibility index (Phi) is 7.19. The van der Waals surface area contributed by atoms with Gasteiger partial charge in [-0.25, -0.2) is 0 Å². The highest BCUT2D eigenvalue weighted by molar-refractivity contribution is 6.23. The summed E-state index contributed by atoms with van der Waals surface area (Å²) in [7, 11) is 0. The van der Waals surface area contributed by atoms with Crippen LogP contribution in [0.3, 0.4) is 0 Å². The zero-order valence-electron chi connectivity index (χ0n) is 30.3. The third kappa shape index (κ3) is 4.72. The Bertz CT molecular complexity index is 2970. The van der Waals surface area contributed by atoms with Gasteiger partial charge < -0.3 is 0 Å². The molecule has 1 aliphatic rings. The molecule has 0 heterocycles. The topological polar surface area (TPSA) is 0 Å². The first-order chi connectivity index (χ1) is 27.3. The molecule has 0 unspecified atom stereocenters. The van der Waals surface area contributed by atoms with Crippen LogP contribution in [0.2, 0.25) is 0 Å². The minimum absolute atomic E-state index is 0.423. The van der Waals surface area contributed by atoms with Gasteiger partial charge in [-0.2, -0.15) is 0 Å². The van der Waals surface area contributed by atoms with E-state index in [0.717, 1.165) is 0 Å². The Labute approximate surface area is 321 Å². The minimum Gasteiger partial charge on any atom is -0.0622 e. The van der Waals surface area contributed by atoms with Crippen molar-refractivity contribution in [2.45, 2.75) is 5.41 Å². The average Bonchev–Trinajstić information content (AvgIpc) is 3.56. The maximum absolute atomic E-state index is 2.47. The summed E-state index contributed by atoms with van der Waals surface area (Å²) < 4.78 is 0. The van der Waals surface area contributed by atoms with E-state index in [1.807, 2.05) is 0 Å². The van der Waals surface area contributed by atoms with Crippen LogP contribution in [0.15, 0.2) is 218 Å². The highest BCUT2D eigenvalue weighted by atomic mass is 14.5. The molecule has 0 heteroatoms. The lowest BCUT2D eigenvalue weighted by atomic mass is 9.67. The van der Waals surface area contributed by atoms with Crippen molar-refractivity contribution in [3.8, 4) is 44.5 Å². The van der Waals surface area contributed by atoms with Gasteiger partial charge in [0.2, 0.25) is 0 Å². The maximum Gasteiger partial charge on any atom is 0.0713 e. The fraction of sp³-hybridized carbons (Fsp3) is 0.0182. The predicted octanol–water partition coefficient (Wildman–Crippen LogP) is 14.5. The van der Waals surface area contributed by atoms with Crippen LogP contribution in [-0.2, 0) is 5.41 Å². The van der Waals surface area contributed by atoms with Crippen molar-refractivity contribution >= 4 is 32.3 Å². The molecule has 0 atom stereocenters. The molecular formula is C55H36.